The van der Waals surface area contributed by atoms with Gasteiger partial charge in [-0.1, -0.05) is 23.4 Å². The first-order chi connectivity index (χ1) is 12.0. The van der Waals surface area contributed by atoms with E-state index in [0.29, 0.717) is 18.1 Å². The Kier molecular flexibility index (Phi) is 3.52. The average molecular weight is 347 g/mol. The average Bonchev–Trinajstić information content (AvgIpc) is 3.22. The summed E-state index contributed by atoms with van der Waals surface area (Å²) in [5, 5.41) is 7.96. The summed E-state index contributed by atoms with van der Waals surface area (Å²) in [6.07, 6.45) is -1.04. The molecule has 1 N–H and O–H groups in total. The molecule has 2 heterocycles. The van der Waals surface area contributed by atoms with Crippen molar-refractivity contribution in [1.82, 2.24) is 10.5 Å². The summed E-state index contributed by atoms with van der Waals surface area (Å²) in [4.78, 5) is 1.90. The Balaban J connectivity index is 1.67. The van der Waals surface area contributed by atoms with Gasteiger partial charge in [-0.05, 0) is 35.4 Å². The lowest BCUT2D eigenvalue weighted by Crippen LogP contribution is -2.19. The summed E-state index contributed by atoms with van der Waals surface area (Å²) in [5.74, 6) is 0.423. The second-order valence-corrected chi connectivity index (χ2v) is 5.44. The number of fused-ring (bicyclic) bond motifs is 1. The number of nitrogens with zero attached hydrogens (tertiary/aromatic N) is 2. The molecule has 0 saturated heterocycles. The van der Waals surface area contributed by atoms with Gasteiger partial charge in [0.15, 0.2) is 11.4 Å². The van der Waals surface area contributed by atoms with Gasteiger partial charge in [-0.3, -0.25) is 0 Å². The fourth-order valence-corrected chi connectivity index (χ4v) is 2.65. The molecule has 128 valence electrons. The van der Waals surface area contributed by atoms with E-state index < -0.39 is 6.36 Å². The monoisotopic (exact) mass is 347 g/mol. The SMILES string of the molecule is FC(F)(F)Oc1ccc(-c2ccc3onc(N4C=CNC4)c3c2)cc1. The van der Waals surface area contributed by atoms with Crippen molar-refractivity contribution in [2.75, 3.05) is 11.6 Å². The number of alkyl halides is 3. The lowest BCUT2D eigenvalue weighted by Gasteiger charge is -2.11. The number of aromatic nitrogens is 1. The van der Waals surface area contributed by atoms with Crippen molar-refractivity contribution in [2.24, 2.45) is 0 Å². The first-order valence-electron chi connectivity index (χ1n) is 7.42. The quantitative estimate of drug-likeness (QED) is 0.768. The van der Waals surface area contributed by atoms with Crippen LogP contribution >= 0.6 is 0 Å². The van der Waals surface area contributed by atoms with Gasteiger partial charge < -0.3 is 19.5 Å². The van der Waals surface area contributed by atoms with Gasteiger partial charge >= 0.3 is 6.36 Å². The minimum absolute atomic E-state index is 0.253. The molecule has 0 unspecified atom stereocenters. The molecule has 1 aromatic heterocycles. The molecule has 0 amide bonds. The van der Waals surface area contributed by atoms with Crippen molar-refractivity contribution in [3.8, 4) is 16.9 Å². The minimum atomic E-state index is -4.70. The zero-order valence-electron chi connectivity index (χ0n) is 12.7. The Morgan fingerprint density at radius 3 is 2.52 bits per heavy atom. The van der Waals surface area contributed by atoms with E-state index in [1.807, 2.05) is 29.4 Å². The number of hydrogen-bond donors (Lipinski definition) is 1. The van der Waals surface area contributed by atoms with Crippen LogP contribution in [0.25, 0.3) is 22.1 Å². The number of nitrogens with one attached hydrogen (secondary N) is 1. The minimum Gasteiger partial charge on any atom is -0.406 e. The van der Waals surface area contributed by atoms with Crippen molar-refractivity contribution >= 4 is 16.8 Å². The molecule has 2 aromatic carbocycles. The third kappa shape index (κ3) is 3.10. The molecular formula is C17H12F3N3O2. The molecule has 5 nitrogen and oxygen atoms in total. The van der Waals surface area contributed by atoms with E-state index in [1.54, 1.807) is 18.2 Å². The van der Waals surface area contributed by atoms with E-state index in [4.69, 9.17) is 4.52 Å². The van der Waals surface area contributed by atoms with E-state index in [-0.39, 0.29) is 5.75 Å². The summed E-state index contributed by atoms with van der Waals surface area (Å²) < 4.78 is 45.9. The Morgan fingerprint density at radius 1 is 1.08 bits per heavy atom. The molecular weight excluding hydrogens is 335 g/mol. The van der Waals surface area contributed by atoms with Crippen molar-refractivity contribution in [3.63, 3.8) is 0 Å². The van der Waals surface area contributed by atoms with Gasteiger partial charge in [-0.2, -0.15) is 0 Å². The lowest BCUT2D eigenvalue weighted by atomic mass is 10.0. The maximum atomic E-state index is 12.2. The Bertz CT molecular complexity index is 932. The molecule has 4 rings (SSSR count). The summed E-state index contributed by atoms with van der Waals surface area (Å²) in [7, 11) is 0. The van der Waals surface area contributed by atoms with Crippen LogP contribution in [0.1, 0.15) is 0 Å². The number of ether oxygens (including phenoxy) is 1. The first kappa shape index (κ1) is 15.4. The molecule has 1 aliphatic rings. The van der Waals surface area contributed by atoms with Crippen LogP contribution in [0, 0.1) is 0 Å². The largest absolute Gasteiger partial charge is 0.573 e. The van der Waals surface area contributed by atoms with Crippen LogP contribution in [0.5, 0.6) is 5.75 Å². The Labute approximate surface area is 140 Å². The highest BCUT2D eigenvalue weighted by Crippen LogP contribution is 2.32. The maximum absolute atomic E-state index is 12.2. The van der Waals surface area contributed by atoms with E-state index in [9.17, 15) is 13.2 Å². The predicted octanol–water partition coefficient (Wildman–Crippen LogP) is 4.23. The van der Waals surface area contributed by atoms with Crippen molar-refractivity contribution in [2.45, 2.75) is 6.36 Å². The molecule has 1 aliphatic heterocycles. The van der Waals surface area contributed by atoms with Gasteiger partial charge in [0.25, 0.3) is 0 Å². The van der Waals surface area contributed by atoms with Crippen LogP contribution in [0.2, 0.25) is 0 Å². The number of hydrogen-bond acceptors (Lipinski definition) is 5. The molecule has 0 bridgehead atoms. The molecule has 3 aromatic rings. The van der Waals surface area contributed by atoms with Gasteiger partial charge in [0, 0.05) is 12.4 Å². The lowest BCUT2D eigenvalue weighted by molar-refractivity contribution is -0.274. The Morgan fingerprint density at radius 2 is 1.84 bits per heavy atom. The third-order valence-corrected chi connectivity index (χ3v) is 3.78. The molecule has 0 spiro atoms. The molecule has 0 aliphatic carbocycles. The first-order valence-corrected chi connectivity index (χ1v) is 7.42. The topological polar surface area (TPSA) is 50.5 Å². The number of halogens is 3. The van der Waals surface area contributed by atoms with Crippen LogP contribution in [-0.2, 0) is 0 Å². The van der Waals surface area contributed by atoms with Crippen LogP contribution < -0.4 is 15.0 Å². The van der Waals surface area contributed by atoms with Crippen LogP contribution in [0.15, 0.2) is 59.4 Å². The van der Waals surface area contributed by atoms with Crippen molar-refractivity contribution in [3.05, 3.63) is 54.9 Å². The smallest absolute Gasteiger partial charge is 0.406 e. The van der Waals surface area contributed by atoms with Crippen LogP contribution in [-0.4, -0.2) is 18.2 Å². The third-order valence-electron chi connectivity index (χ3n) is 3.78. The highest BCUT2D eigenvalue weighted by Gasteiger charge is 2.31. The maximum Gasteiger partial charge on any atom is 0.573 e. The standard InChI is InChI=1S/C17H12F3N3O2/c18-17(19,20)24-13-4-1-11(2-5-13)12-3-6-15-14(9-12)16(22-25-15)23-8-7-21-10-23/h1-9,21H,10H2. The zero-order valence-corrected chi connectivity index (χ0v) is 12.7. The molecule has 8 heteroatoms. The molecule has 0 radical (unpaired) electrons. The van der Waals surface area contributed by atoms with Crippen molar-refractivity contribution < 1.29 is 22.4 Å². The number of rotatable bonds is 3. The summed E-state index contributed by atoms with van der Waals surface area (Å²) in [6, 6.07) is 11.2. The summed E-state index contributed by atoms with van der Waals surface area (Å²) in [5.41, 5.74) is 2.24. The van der Waals surface area contributed by atoms with Gasteiger partial charge in [0.05, 0.1) is 12.1 Å². The van der Waals surface area contributed by atoms with Gasteiger partial charge in [0.2, 0.25) is 0 Å². The normalized spacial score (nSPS) is 14.1. The van der Waals surface area contributed by atoms with Gasteiger partial charge in [-0.25, -0.2) is 0 Å². The fraction of sp³-hybridized carbons (Fsp3) is 0.118. The van der Waals surface area contributed by atoms with E-state index in [0.717, 1.165) is 16.5 Å². The van der Waals surface area contributed by atoms with E-state index in [2.05, 4.69) is 15.2 Å². The second kappa shape index (κ2) is 5.73. The molecule has 0 atom stereocenters. The van der Waals surface area contributed by atoms with E-state index in [1.165, 1.54) is 12.1 Å². The molecule has 0 saturated carbocycles. The summed E-state index contributed by atoms with van der Waals surface area (Å²) in [6.45, 7) is 0.593. The Hall–Kier alpha value is -3.16. The van der Waals surface area contributed by atoms with Gasteiger partial charge in [-0.15, -0.1) is 13.2 Å². The number of benzene rings is 2. The predicted molar refractivity (Wildman–Crippen MR) is 85.7 cm³/mol. The molecule has 25 heavy (non-hydrogen) atoms. The molecule has 0 fully saturated rings. The van der Waals surface area contributed by atoms with Crippen LogP contribution in [0.3, 0.4) is 0 Å². The zero-order chi connectivity index (χ0) is 17.4. The van der Waals surface area contributed by atoms with Gasteiger partial charge in [0.1, 0.15) is 5.75 Å². The van der Waals surface area contributed by atoms with Crippen molar-refractivity contribution in [1.29, 1.82) is 0 Å². The highest BCUT2D eigenvalue weighted by atomic mass is 19.4. The summed E-state index contributed by atoms with van der Waals surface area (Å²) >= 11 is 0. The highest BCUT2D eigenvalue weighted by molar-refractivity contribution is 5.92. The van der Waals surface area contributed by atoms with Crippen LogP contribution in [0.4, 0.5) is 19.0 Å². The van der Waals surface area contributed by atoms with E-state index >= 15 is 0 Å². The number of anilines is 1. The fourth-order valence-electron chi connectivity index (χ4n) is 2.65. The second-order valence-electron chi connectivity index (χ2n) is 5.44.